The van der Waals surface area contributed by atoms with E-state index in [2.05, 4.69) is 27.7 Å². The molecule has 262 valence electrons. The summed E-state index contributed by atoms with van der Waals surface area (Å²) in [7, 11) is 0. The van der Waals surface area contributed by atoms with Gasteiger partial charge in [-0.15, -0.1) is 0 Å². The summed E-state index contributed by atoms with van der Waals surface area (Å²) in [5.74, 6) is 3.85. The molecule has 0 aromatic heterocycles. The fourth-order valence-corrected chi connectivity index (χ4v) is 14.4. The zero-order chi connectivity index (χ0) is 34.6. The van der Waals surface area contributed by atoms with Crippen LogP contribution in [0, 0.1) is 69.0 Å². The van der Waals surface area contributed by atoms with Gasteiger partial charge in [0.25, 0.3) is 0 Å². The number of rotatable bonds is 2. The third-order valence-electron chi connectivity index (χ3n) is 16.5. The highest BCUT2D eigenvalue weighted by molar-refractivity contribution is 5.93. The van der Waals surface area contributed by atoms with Gasteiger partial charge >= 0.3 is 0 Å². The van der Waals surface area contributed by atoms with Crippen LogP contribution < -0.4 is 0 Å². The summed E-state index contributed by atoms with van der Waals surface area (Å²) in [6.07, 6.45) is 15.8. The molecule has 0 radical (unpaired) electrons. The number of aliphatic hydroxyl groups excluding tert-OH is 1. The molecule has 0 aliphatic heterocycles. The number of hydrogen-bond donors (Lipinski definition) is 1. The molecule has 0 saturated heterocycles. The van der Waals surface area contributed by atoms with Crippen LogP contribution in [0.25, 0.3) is 0 Å². The van der Waals surface area contributed by atoms with Gasteiger partial charge in [-0.1, -0.05) is 38.8 Å². The van der Waals surface area contributed by atoms with E-state index in [0.29, 0.717) is 54.5 Å². The summed E-state index contributed by atoms with van der Waals surface area (Å²) in [5.41, 5.74) is 2.19. The Hall–Kier alpha value is -2.21. The molecule has 6 fully saturated rings. The van der Waals surface area contributed by atoms with Crippen molar-refractivity contribution in [3.63, 3.8) is 0 Å². The van der Waals surface area contributed by atoms with Crippen LogP contribution in [0.1, 0.15) is 131 Å². The van der Waals surface area contributed by atoms with Crippen molar-refractivity contribution in [3.05, 3.63) is 23.3 Å². The van der Waals surface area contributed by atoms with Crippen LogP contribution in [0.15, 0.2) is 23.3 Å². The van der Waals surface area contributed by atoms with E-state index in [0.717, 1.165) is 70.6 Å². The summed E-state index contributed by atoms with van der Waals surface area (Å²) >= 11 is 0. The molecule has 8 rings (SSSR count). The number of carbonyl (C=O) groups is 5. The van der Waals surface area contributed by atoms with Gasteiger partial charge in [-0.3, -0.25) is 24.0 Å². The van der Waals surface area contributed by atoms with E-state index in [-0.39, 0.29) is 68.8 Å². The summed E-state index contributed by atoms with van der Waals surface area (Å²) in [4.78, 5) is 61.3. The van der Waals surface area contributed by atoms with Crippen molar-refractivity contribution in [1.82, 2.24) is 0 Å². The van der Waals surface area contributed by atoms with Crippen LogP contribution in [-0.2, 0) is 24.0 Å². The van der Waals surface area contributed by atoms with E-state index in [1.165, 1.54) is 11.1 Å². The molecule has 0 aromatic carbocycles. The maximum absolute atomic E-state index is 13.3. The van der Waals surface area contributed by atoms with Gasteiger partial charge in [0.15, 0.2) is 11.6 Å². The Morgan fingerprint density at radius 3 is 1.75 bits per heavy atom. The largest absolute Gasteiger partial charge is 0.393 e. The fraction of sp³-hybridized carbons (Fsp3) is 0.786. The number of carbonyl (C=O) groups excluding carboxylic acids is 5. The van der Waals surface area contributed by atoms with E-state index < -0.39 is 0 Å². The standard InChI is InChI=1S/C21H30O3.C21H28O3/c2*1-12(22)16-6-7-17-15-5-4-13-10-14(23)8-9-20(13,2)19(15)18(24)11-21(16,17)3/h10,15-19,24H,4-9,11H2,1-3H3;10,15-17,19H,4-9,11H2,1-3H3/t15-,16+,17-,18+,19+,20-,21+;15-,16+,17-,19+,20-,21+/m00/s1. The Morgan fingerprint density at radius 1 is 0.667 bits per heavy atom. The maximum Gasteiger partial charge on any atom is 0.155 e. The minimum atomic E-state index is -0.349. The highest BCUT2D eigenvalue weighted by Crippen LogP contribution is 2.68. The lowest BCUT2D eigenvalue weighted by molar-refractivity contribution is -0.148. The lowest BCUT2D eigenvalue weighted by Crippen LogP contribution is -2.56. The van der Waals surface area contributed by atoms with Crippen molar-refractivity contribution in [2.75, 3.05) is 0 Å². The van der Waals surface area contributed by atoms with E-state index in [4.69, 9.17) is 0 Å². The highest BCUT2D eigenvalue weighted by Gasteiger charge is 2.64. The predicted molar refractivity (Wildman–Crippen MR) is 184 cm³/mol. The molecule has 8 aliphatic rings. The Labute approximate surface area is 287 Å². The Bertz CT molecular complexity index is 1500. The molecule has 0 bridgehead atoms. The topological polar surface area (TPSA) is 106 Å². The monoisotopic (exact) mass is 658 g/mol. The van der Waals surface area contributed by atoms with Crippen molar-refractivity contribution < 1.29 is 29.1 Å². The van der Waals surface area contributed by atoms with Crippen LogP contribution >= 0.6 is 0 Å². The molecular formula is C42H58O6. The molecule has 1 N–H and O–H groups in total. The van der Waals surface area contributed by atoms with Gasteiger partial charge in [-0.25, -0.2) is 0 Å². The lowest BCUT2D eigenvalue weighted by atomic mass is 9.46. The molecule has 8 aliphatic carbocycles. The van der Waals surface area contributed by atoms with Crippen LogP contribution in [0.4, 0.5) is 0 Å². The Balaban J connectivity index is 0.000000152. The molecular weight excluding hydrogens is 600 g/mol. The summed E-state index contributed by atoms with van der Waals surface area (Å²) < 4.78 is 0. The lowest BCUT2D eigenvalue weighted by Gasteiger charge is -2.59. The zero-order valence-electron chi connectivity index (χ0n) is 30.2. The van der Waals surface area contributed by atoms with E-state index >= 15 is 0 Å². The van der Waals surface area contributed by atoms with Gasteiger partial charge in [0.05, 0.1) is 6.10 Å². The SMILES string of the molecule is CC(=O)[C@H]1CC[C@H]2[C@@H]3CCC4=CC(=O)CC[C@]4(C)[C@H]3C(=O)C[C@]12C.CC(=O)[C@H]1CC[C@H]2[C@@H]3CCC4=CC(=O)CC[C@]4(C)[C@H]3[C@H](O)C[C@]12C. The maximum atomic E-state index is 13.3. The molecule has 0 heterocycles. The zero-order valence-corrected chi connectivity index (χ0v) is 30.2. The summed E-state index contributed by atoms with van der Waals surface area (Å²) in [6.45, 7) is 12.4. The minimum Gasteiger partial charge on any atom is -0.393 e. The summed E-state index contributed by atoms with van der Waals surface area (Å²) in [5, 5.41) is 11.2. The third-order valence-corrected chi connectivity index (χ3v) is 16.5. The van der Waals surface area contributed by atoms with Crippen LogP contribution in [0.5, 0.6) is 0 Å². The fourth-order valence-electron chi connectivity index (χ4n) is 14.4. The van der Waals surface area contributed by atoms with Gasteiger partial charge in [0.1, 0.15) is 17.3 Å². The molecule has 13 atom stereocenters. The molecule has 6 heteroatoms. The average molecular weight is 659 g/mol. The molecule has 0 aromatic rings. The highest BCUT2D eigenvalue weighted by atomic mass is 16.3. The molecule has 6 saturated carbocycles. The Kier molecular flexibility index (Phi) is 8.33. The van der Waals surface area contributed by atoms with Crippen molar-refractivity contribution in [3.8, 4) is 0 Å². The van der Waals surface area contributed by atoms with Crippen molar-refractivity contribution >= 4 is 28.9 Å². The van der Waals surface area contributed by atoms with E-state index in [1.807, 2.05) is 12.2 Å². The average Bonchev–Trinajstić information content (AvgIpc) is 3.54. The van der Waals surface area contributed by atoms with E-state index in [1.54, 1.807) is 13.8 Å². The Morgan fingerprint density at radius 2 is 1.17 bits per heavy atom. The summed E-state index contributed by atoms with van der Waals surface area (Å²) in [6, 6.07) is 0. The number of ketones is 5. The van der Waals surface area contributed by atoms with Gasteiger partial charge in [0, 0.05) is 37.0 Å². The van der Waals surface area contributed by atoms with Crippen molar-refractivity contribution in [1.29, 1.82) is 0 Å². The third kappa shape index (κ3) is 4.91. The smallest absolute Gasteiger partial charge is 0.155 e. The molecule has 0 spiro atoms. The predicted octanol–water partition coefficient (Wildman–Crippen LogP) is 7.60. The second-order valence-electron chi connectivity index (χ2n) is 18.6. The van der Waals surface area contributed by atoms with Crippen LogP contribution in [-0.4, -0.2) is 40.1 Å². The minimum absolute atomic E-state index is 0.0219. The first-order valence-electron chi connectivity index (χ1n) is 19.2. The number of aliphatic hydroxyl groups is 1. The second-order valence-corrected chi connectivity index (χ2v) is 18.6. The number of fused-ring (bicyclic) bond motifs is 10. The van der Waals surface area contributed by atoms with Crippen molar-refractivity contribution in [2.45, 2.75) is 138 Å². The van der Waals surface area contributed by atoms with E-state index in [9.17, 15) is 29.1 Å². The molecule has 0 amide bonds. The van der Waals surface area contributed by atoms with Crippen molar-refractivity contribution in [2.24, 2.45) is 69.0 Å². The molecule has 6 nitrogen and oxygen atoms in total. The van der Waals surface area contributed by atoms with Gasteiger partial charge in [-0.05, 0) is 148 Å². The van der Waals surface area contributed by atoms with Gasteiger partial charge < -0.3 is 5.11 Å². The van der Waals surface area contributed by atoms with Crippen LogP contribution in [0.2, 0.25) is 0 Å². The first kappa shape index (κ1) is 34.2. The van der Waals surface area contributed by atoms with Gasteiger partial charge in [-0.2, -0.15) is 0 Å². The quantitative estimate of drug-likeness (QED) is 0.328. The molecule has 48 heavy (non-hydrogen) atoms. The first-order valence-corrected chi connectivity index (χ1v) is 19.2. The number of Topliss-reactive ketones (excluding diaryl/α,β-unsaturated/α-hetero) is 3. The number of hydrogen-bond acceptors (Lipinski definition) is 6. The normalized spacial score (nSPS) is 49.1. The van der Waals surface area contributed by atoms with Crippen LogP contribution in [0.3, 0.4) is 0 Å². The van der Waals surface area contributed by atoms with Gasteiger partial charge in [0.2, 0.25) is 0 Å². The number of allylic oxidation sites excluding steroid dienone is 2. The second kappa shape index (κ2) is 11.7. The first-order chi connectivity index (χ1) is 22.5. The molecule has 0 unspecified atom stereocenters.